The van der Waals surface area contributed by atoms with E-state index >= 15 is 0 Å². The Morgan fingerprint density at radius 3 is 2.11 bits per heavy atom. The number of aromatic nitrogens is 2. The van der Waals surface area contributed by atoms with Gasteiger partial charge >= 0.3 is 0 Å². The highest BCUT2D eigenvalue weighted by Gasteiger charge is 2.22. The first-order valence-electron chi connectivity index (χ1n) is 11.7. The first-order chi connectivity index (χ1) is 17.7. The van der Waals surface area contributed by atoms with Gasteiger partial charge in [-0.3, -0.25) is 4.79 Å². The molecule has 1 fully saturated rings. The molecule has 1 aromatic heterocycles. The quantitative estimate of drug-likeness (QED) is 0.342. The average Bonchev–Trinajstić information content (AvgIpc) is 2.94. The minimum absolute atomic E-state index is 0.00870. The van der Waals surface area contributed by atoms with Crippen molar-refractivity contribution in [3.8, 4) is 28.5 Å². The molecule has 0 N–H and O–H groups in total. The van der Waals surface area contributed by atoms with E-state index in [2.05, 4.69) is 15.1 Å². The Bertz CT molecular complexity index is 1290. The molecule has 0 aliphatic carbocycles. The molecular weight excluding hydrogens is 476 g/mol. The molecule has 2 heterocycles. The Labute approximate surface area is 214 Å². The van der Waals surface area contributed by atoms with Gasteiger partial charge in [-0.05, 0) is 54.6 Å². The molecule has 182 valence electrons. The smallest absolute Gasteiger partial charge is 0.260 e. The molecule has 7 nitrogen and oxygen atoms in total. The summed E-state index contributed by atoms with van der Waals surface area (Å²) < 4.78 is 11.5. The monoisotopic (exact) mass is 500 g/mol. The van der Waals surface area contributed by atoms with Crippen molar-refractivity contribution >= 4 is 23.3 Å². The highest BCUT2D eigenvalue weighted by Crippen LogP contribution is 2.27. The maximum Gasteiger partial charge on any atom is 0.260 e. The van der Waals surface area contributed by atoms with E-state index < -0.39 is 0 Å². The van der Waals surface area contributed by atoms with E-state index in [1.54, 1.807) is 12.1 Å². The Morgan fingerprint density at radius 1 is 0.750 bits per heavy atom. The molecule has 1 saturated heterocycles. The number of nitrogens with zero attached hydrogens (tertiary/aromatic N) is 4. The third kappa shape index (κ3) is 5.75. The van der Waals surface area contributed by atoms with Gasteiger partial charge in [-0.15, -0.1) is 10.2 Å². The fraction of sp³-hybridized carbons (Fsp3) is 0.179. The predicted molar refractivity (Wildman–Crippen MR) is 140 cm³/mol. The van der Waals surface area contributed by atoms with Gasteiger partial charge in [-0.2, -0.15) is 0 Å². The topological polar surface area (TPSA) is 67.8 Å². The van der Waals surface area contributed by atoms with E-state index in [0.717, 1.165) is 22.8 Å². The fourth-order valence-corrected chi connectivity index (χ4v) is 4.19. The van der Waals surface area contributed by atoms with Crippen molar-refractivity contribution < 1.29 is 14.3 Å². The average molecular weight is 501 g/mol. The lowest BCUT2D eigenvalue weighted by Crippen LogP contribution is -2.50. The number of hydrogen-bond acceptors (Lipinski definition) is 6. The Balaban J connectivity index is 1.09. The number of anilines is 1. The zero-order valence-electron chi connectivity index (χ0n) is 19.6. The summed E-state index contributed by atoms with van der Waals surface area (Å²) >= 11 is 6.26. The molecule has 0 unspecified atom stereocenters. The van der Waals surface area contributed by atoms with Crippen molar-refractivity contribution in [3.63, 3.8) is 0 Å². The van der Waals surface area contributed by atoms with Crippen molar-refractivity contribution in [1.29, 1.82) is 0 Å². The van der Waals surface area contributed by atoms with Gasteiger partial charge in [0.15, 0.2) is 12.4 Å². The third-order valence-corrected chi connectivity index (χ3v) is 6.25. The molecule has 8 heteroatoms. The largest absolute Gasteiger partial charge is 0.484 e. The van der Waals surface area contributed by atoms with Gasteiger partial charge in [0.25, 0.3) is 5.91 Å². The standard InChI is InChI=1S/C28H25ClN4O3/c29-25-9-5-4-8-24(25)26-14-15-27(31-30-26)32-16-18-33(19-17-32)28(34)20-35-21-10-12-23(13-11-21)36-22-6-2-1-3-7-22/h1-15H,16-20H2. The second-order valence-corrected chi connectivity index (χ2v) is 8.71. The summed E-state index contributed by atoms with van der Waals surface area (Å²) in [5.74, 6) is 2.84. The summed E-state index contributed by atoms with van der Waals surface area (Å²) in [5, 5.41) is 9.37. The number of carbonyl (C=O) groups excluding carboxylic acids is 1. The second kappa shape index (κ2) is 11.1. The van der Waals surface area contributed by atoms with Crippen LogP contribution in [0.3, 0.4) is 0 Å². The Kier molecular flexibility index (Phi) is 7.28. The summed E-state index contributed by atoms with van der Waals surface area (Å²) in [4.78, 5) is 16.6. The third-order valence-electron chi connectivity index (χ3n) is 5.92. The van der Waals surface area contributed by atoms with E-state index in [4.69, 9.17) is 21.1 Å². The van der Waals surface area contributed by atoms with Gasteiger partial charge in [-0.25, -0.2) is 0 Å². The van der Waals surface area contributed by atoms with E-state index in [1.165, 1.54) is 0 Å². The van der Waals surface area contributed by atoms with Crippen LogP contribution in [-0.4, -0.2) is 53.8 Å². The summed E-state index contributed by atoms with van der Waals surface area (Å²) in [6, 6.07) is 28.2. The van der Waals surface area contributed by atoms with Gasteiger partial charge in [-0.1, -0.05) is 48.0 Å². The van der Waals surface area contributed by atoms with Crippen LogP contribution in [0.2, 0.25) is 5.02 Å². The van der Waals surface area contributed by atoms with Crippen LogP contribution in [0.4, 0.5) is 5.82 Å². The van der Waals surface area contributed by atoms with Crippen molar-refractivity contribution in [1.82, 2.24) is 15.1 Å². The number of halogens is 1. The molecule has 0 spiro atoms. The van der Waals surface area contributed by atoms with E-state index in [0.29, 0.717) is 42.7 Å². The van der Waals surface area contributed by atoms with Crippen molar-refractivity contribution in [2.45, 2.75) is 0 Å². The SMILES string of the molecule is O=C(COc1ccc(Oc2ccccc2)cc1)N1CCN(c2ccc(-c3ccccc3Cl)nn2)CC1. The van der Waals surface area contributed by atoms with Crippen LogP contribution in [0.1, 0.15) is 0 Å². The normalized spacial score (nSPS) is 13.4. The van der Waals surface area contributed by atoms with Gasteiger partial charge < -0.3 is 19.3 Å². The lowest BCUT2D eigenvalue weighted by atomic mass is 10.1. The molecule has 1 aliphatic rings. The number of para-hydroxylation sites is 1. The number of piperazine rings is 1. The number of benzene rings is 3. The van der Waals surface area contributed by atoms with E-state index in [1.807, 2.05) is 83.8 Å². The van der Waals surface area contributed by atoms with Crippen molar-refractivity contribution in [3.05, 3.63) is 96.0 Å². The number of amides is 1. The van der Waals surface area contributed by atoms with Gasteiger partial charge in [0.05, 0.1) is 10.7 Å². The molecule has 0 radical (unpaired) electrons. The predicted octanol–water partition coefficient (Wildman–Crippen LogP) is 5.32. The molecule has 0 saturated carbocycles. The van der Waals surface area contributed by atoms with Crippen molar-refractivity contribution in [2.24, 2.45) is 0 Å². The van der Waals surface area contributed by atoms with E-state index in [9.17, 15) is 4.79 Å². The molecule has 1 aliphatic heterocycles. The summed E-state index contributed by atoms with van der Waals surface area (Å²) in [6.07, 6.45) is 0. The number of rotatable bonds is 7. The lowest BCUT2D eigenvalue weighted by Gasteiger charge is -2.35. The molecule has 1 amide bonds. The molecule has 3 aromatic carbocycles. The highest BCUT2D eigenvalue weighted by atomic mass is 35.5. The highest BCUT2D eigenvalue weighted by molar-refractivity contribution is 6.33. The zero-order valence-corrected chi connectivity index (χ0v) is 20.3. The molecule has 5 rings (SSSR count). The van der Waals surface area contributed by atoms with Gasteiger partial charge in [0.1, 0.15) is 17.2 Å². The minimum atomic E-state index is -0.0422. The van der Waals surface area contributed by atoms with Gasteiger partial charge in [0.2, 0.25) is 0 Å². The Morgan fingerprint density at radius 2 is 1.42 bits per heavy atom. The fourth-order valence-electron chi connectivity index (χ4n) is 3.96. The first kappa shape index (κ1) is 23.6. The molecule has 0 atom stereocenters. The van der Waals surface area contributed by atoms with Crippen LogP contribution in [0.5, 0.6) is 17.2 Å². The van der Waals surface area contributed by atoms with Gasteiger partial charge in [0, 0.05) is 31.7 Å². The van der Waals surface area contributed by atoms with Crippen molar-refractivity contribution in [2.75, 3.05) is 37.7 Å². The summed E-state index contributed by atoms with van der Waals surface area (Å²) in [6.45, 7) is 2.54. The number of hydrogen-bond donors (Lipinski definition) is 0. The Hall–Kier alpha value is -4.10. The summed E-state index contributed by atoms with van der Waals surface area (Å²) in [7, 11) is 0. The second-order valence-electron chi connectivity index (χ2n) is 8.30. The first-order valence-corrected chi connectivity index (χ1v) is 12.1. The van der Waals surface area contributed by atoms with Crippen LogP contribution in [0.25, 0.3) is 11.3 Å². The molecule has 4 aromatic rings. The zero-order chi connectivity index (χ0) is 24.7. The molecule has 36 heavy (non-hydrogen) atoms. The lowest BCUT2D eigenvalue weighted by molar-refractivity contribution is -0.133. The number of ether oxygens (including phenoxy) is 2. The van der Waals surface area contributed by atoms with E-state index in [-0.39, 0.29) is 12.5 Å². The van der Waals surface area contributed by atoms with Crippen LogP contribution < -0.4 is 14.4 Å². The van der Waals surface area contributed by atoms with Crippen LogP contribution in [0, 0.1) is 0 Å². The molecular formula is C28H25ClN4O3. The van der Waals surface area contributed by atoms with Crippen LogP contribution in [0.15, 0.2) is 91.0 Å². The maximum atomic E-state index is 12.7. The molecule has 0 bridgehead atoms. The van der Waals surface area contributed by atoms with Crippen LogP contribution in [-0.2, 0) is 4.79 Å². The van der Waals surface area contributed by atoms with Crippen LogP contribution >= 0.6 is 11.6 Å². The number of carbonyl (C=O) groups is 1. The maximum absolute atomic E-state index is 12.7. The minimum Gasteiger partial charge on any atom is -0.484 e. The summed E-state index contributed by atoms with van der Waals surface area (Å²) in [5.41, 5.74) is 1.59.